The van der Waals surface area contributed by atoms with E-state index in [0.717, 1.165) is 11.0 Å². The highest BCUT2D eigenvalue weighted by Gasteiger charge is 2.74. The van der Waals surface area contributed by atoms with E-state index < -0.39 is 52.7 Å². The Morgan fingerprint density at radius 2 is 1.47 bits per heavy atom. The van der Waals surface area contributed by atoms with E-state index in [1.54, 1.807) is 36.4 Å². The van der Waals surface area contributed by atoms with Crippen LogP contribution in [0.1, 0.15) is 32.4 Å². The monoisotopic (exact) mass is 475 g/mol. The largest absolute Gasteiger partial charge is 0.349 e. The molecule has 0 unspecified atom stereocenters. The molecule has 168 valence electrons. The summed E-state index contributed by atoms with van der Waals surface area (Å²) in [6, 6.07) is 17.8. The molecule has 3 aromatic rings. The lowest BCUT2D eigenvalue weighted by Gasteiger charge is -2.27. The molecule has 8 heteroatoms. The predicted octanol–water partition coefficient (Wildman–Crippen LogP) is 4.17. The molecule has 34 heavy (non-hydrogen) atoms. The van der Waals surface area contributed by atoms with Gasteiger partial charge in [-0.05, 0) is 35.9 Å². The maximum atomic E-state index is 13.9. The fourth-order valence-electron chi connectivity index (χ4n) is 5.34. The van der Waals surface area contributed by atoms with Crippen LogP contribution in [0.4, 0.5) is 10.1 Å². The molecule has 2 aliphatic heterocycles. The van der Waals surface area contributed by atoms with Crippen LogP contribution < -0.4 is 4.90 Å². The average molecular weight is 476 g/mol. The van der Waals surface area contributed by atoms with Crippen LogP contribution in [-0.4, -0.2) is 29.0 Å². The quantitative estimate of drug-likeness (QED) is 0.410. The molecule has 3 aliphatic rings. The van der Waals surface area contributed by atoms with Gasteiger partial charge in [0, 0.05) is 16.1 Å². The third kappa shape index (κ3) is 2.59. The lowest BCUT2D eigenvalue weighted by molar-refractivity contribution is -0.127. The zero-order valence-electron chi connectivity index (χ0n) is 17.4. The number of Topliss-reactive ketones (excluding diaryl/α,β-unsaturated/α-hetero) is 2. The fourth-order valence-corrected chi connectivity index (χ4v) is 5.47. The minimum atomic E-state index is -2.17. The number of rotatable bonds is 2. The van der Waals surface area contributed by atoms with Crippen LogP contribution in [0.25, 0.3) is 0 Å². The van der Waals surface area contributed by atoms with Crippen molar-refractivity contribution in [3.8, 4) is 0 Å². The van der Waals surface area contributed by atoms with Gasteiger partial charge in [0.15, 0.2) is 0 Å². The first kappa shape index (κ1) is 20.9. The number of amides is 2. The van der Waals surface area contributed by atoms with Crippen LogP contribution in [0.5, 0.6) is 0 Å². The Morgan fingerprint density at radius 1 is 0.824 bits per heavy atom. The molecule has 6 nitrogen and oxygen atoms in total. The number of ketones is 2. The van der Waals surface area contributed by atoms with E-state index in [0.29, 0.717) is 10.6 Å². The van der Waals surface area contributed by atoms with E-state index in [1.807, 2.05) is 0 Å². The lowest BCUT2D eigenvalue weighted by atomic mass is 9.77. The zero-order valence-corrected chi connectivity index (χ0v) is 18.2. The number of hydrogen-bond donors (Lipinski definition) is 0. The molecule has 0 radical (unpaired) electrons. The number of ether oxygens (including phenoxy) is 1. The molecule has 1 aliphatic carbocycles. The van der Waals surface area contributed by atoms with Crippen LogP contribution in [0.3, 0.4) is 0 Å². The molecule has 0 saturated carbocycles. The van der Waals surface area contributed by atoms with Gasteiger partial charge in [0.25, 0.3) is 0 Å². The van der Waals surface area contributed by atoms with Crippen LogP contribution in [0, 0.1) is 17.7 Å². The highest BCUT2D eigenvalue weighted by Crippen LogP contribution is 2.57. The molecule has 1 spiro atoms. The molecule has 3 aromatic carbocycles. The third-order valence-electron chi connectivity index (χ3n) is 6.78. The SMILES string of the molecule is O=C1[C@@H]2[C@@H](c3ccc(Cl)cc3)OC3(C(=O)c4ccccc4C3=O)[C@@H]2C(=O)N1c1cccc(F)c1. The Morgan fingerprint density at radius 3 is 2.09 bits per heavy atom. The van der Waals surface area contributed by atoms with E-state index >= 15 is 0 Å². The molecule has 6 rings (SSSR count). The van der Waals surface area contributed by atoms with Gasteiger partial charge in [-0.15, -0.1) is 0 Å². The number of nitrogens with zero attached hydrogens (tertiary/aromatic N) is 1. The van der Waals surface area contributed by atoms with Gasteiger partial charge in [-0.3, -0.25) is 19.2 Å². The van der Waals surface area contributed by atoms with Gasteiger partial charge in [0.2, 0.25) is 29.0 Å². The van der Waals surface area contributed by atoms with Crippen LogP contribution in [0.15, 0.2) is 72.8 Å². The molecule has 2 heterocycles. The maximum Gasteiger partial charge on any atom is 0.241 e. The number of hydrogen-bond acceptors (Lipinski definition) is 5. The summed E-state index contributed by atoms with van der Waals surface area (Å²) in [6.07, 6.45) is -1.06. The second kappa shape index (κ2) is 7.16. The first-order chi connectivity index (χ1) is 16.3. The Kier molecular flexibility index (Phi) is 4.40. The van der Waals surface area contributed by atoms with Crippen molar-refractivity contribution in [2.75, 3.05) is 4.90 Å². The number of anilines is 1. The topological polar surface area (TPSA) is 80.8 Å². The number of fused-ring (bicyclic) bond motifs is 3. The summed E-state index contributed by atoms with van der Waals surface area (Å²) in [5, 5.41) is 0.448. The van der Waals surface area contributed by atoms with E-state index in [4.69, 9.17) is 16.3 Å². The molecular weight excluding hydrogens is 461 g/mol. The number of benzene rings is 3. The van der Waals surface area contributed by atoms with Crippen molar-refractivity contribution < 1.29 is 28.3 Å². The standard InChI is InChI=1S/C26H15ClFNO5/c27-14-10-8-13(9-11-14)21-19-20(25(33)29(24(19)32)16-5-3-4-15(28)12-16)26(34-21)22(30)17-6-1-2-7-18(17)23(26)31/h1-12,19-21H/t19-,20-,21+/m0/s1. The van der Waals surface area contributed by atoms with Gasteiger partial charge < -0.3 is 4.74 Å². The van der Waals surface area contributed by atoms with Crippen LogP contribution in [0.2, 0.25) is 5.02 Å². The second-order valence-electron chi connectivity index (χ2n) is 8.52. The van der Waals surface area contributed by atoms with E-state index in [9.17, 15) is 23.6 Å². The molecule has 0 aromatic heterocycles. The normalized spacial score (nSPS) is 24.8. The van der Waals surface area contributed by atoms with Crippen LogP contribution in [-0.2, 0) is 14.3 Å². The van der Waals surface area contributed by atoms with Crippen molar-refractivity contribution >= 4 is 40.7 Å². The summed E-state index contributed by atoms with van der Waals surface area (Å²) in [5.41, 5.74) is -1.35. The van der Waals surface area contributed by atoms with Crippen LogP contribution >= 0.6 is 11.6 Å². The highest BCUT2D eigenvalue weighted by atomic mass is 35.5. The summed E-state index contributed by atoms with van der Waals surface area (Å²) in [4.78, 5) is 55.5. The van der Waals surface area contributed by atoms with Gasteiger partial charge in [0.05, 0.1) is 23.6 Å². The molecule has 2 fully saturated rings. The van der Waals surface area contributed by atoms with Crippen molar-refractivity contribution in [3.63, 3.8) is 0 Å². The highest BCUT2D eigenvalue weighted by molar-refractivity contribution is 6.37. The van der Waals surface area contributed by atoms with E-state index in [-0.39, 0.29) is 16.8 Å². The number of carbonyl (C=O) groups excluding carboxylic acids is 4. The summed E-state index contributed by atoms with van der Waals surface area (Å²) in [7, 11) is 0. The van der Waals surface area contributed by atoms with Crippen molar-refractivity contribution in [2.24, 2.45) is 11.8 Å². The Bertz CT molecular complexity index is 1380. The van der Waals surface area contributed by atoms with Gasteiger partial charge >= 0.3 is 0 Å². The summed E-state index contributed by atoms with van der Waals surface area (Å²) in [5.74, 6) is -5.91. The maximum absolute atomic E-state index is 13.9. The minimum Gasteiger partial charge on any atom is -0.349 e. The average Bonchev–Trinajstić information content (AvgIpc) is 3.40. The molecule has 0 bridgehead atoms. The van der Waals surface area contributed by atoms with Gasteiger partial charge in [-0.2, -0.15) is 0 Å². The van der Waals surface area contributed by atoms with E-state index in [1.165, 1.54) is 30.3 Å². The number of carbonyl (C=O) groups is 4. The van der Waals surface area contributed by atoms with E-state index in [2.05, 4.69) is 0 Å². The zero-order chi connectivity index (χ0) is 23.8. The molecule has 2 amide bonds. The molecular formula is C26H15ClFNO5. The van der Waals surface area contributed by atoms with Crippen molar-refractivity contribution in [1.29, 1.82) is 0 Å². The number of halogens is 2. The second-order valence-corrected chi connectivity index (χ2v) is 8.96. The summed E-state index contributed by atoms with van der Waals surface area (Å²) in [6.45, 7) is 0. The van der Waals surface area contributed by atoms with Gasteiger partial charge in [-0.25, -0.2) is 9.29 Å². The Hall–Kier alpha value is -3.68. The molecule has 3 atom stereocenters. The predicted molar refractivity (Wildman–Crippen MR) is 119 cm³/mol. The van der Waals surface area contributed by atoms with Gasteiger partial charge in [-0.1, -0.05) is 54.1 Å². The third-order valence-corrected chi connectivity index (χ3v) is 7.04. The number of imide groups is 1. The first-order valence-electron chi connectivity index (χ1n) is 10.6. The van der Waals surface area contributed by atoms with Crippen molar-refractivity contribution in [1.82, 2.24) is 0 Å². The Balaban J connectivity index is 1.55. The Labute approximate surface area is 197 Å². The fraction of sp³-hybridized carbons (Fsp3) is 0.154. The first-order valence-corrected chi connectivity index (χ1v) is 11.0. The van der Waals surface area contributed by atoms with Crippen molar-refractivity contribution in [2.45, 2.75) is 11.7 Å². The van der Waals surface area contributed by atoms with Crippen molar-refractivity contribution in [3.05, 3.63) is 100 Å². The minimum absolute atomic E-state index is 0.0322. The summed E-state index contributed by atoms with van der Waals surface area (Å²) >= 11 is 6.01. The molecule has 2 saturated heterocycles. The smallest absolute Gasteiger partial charge is 0.241 e. The van der Waals surface area contributed by atoms with Gasteiger partial charge in [0.1, 0.15) is 5.82 Å². The lowest BCUT2D eigenvalue weighted by Crippen LogP contribution is -2.51. The molecule has 0 N–H and O–H groups in total. The summed E-state index contributed by atoms with van der Waals surface area (Å²) < 4.78 is 20.1.